The Morgan fingerprint density at radius 3 is 1.70 bits per heavy atom. The van der Waals surface area contributed by atoms with Crippen molar-refractivity contribution in [3.05, 3.63) is 88.7 Å². The van der Waals surface area contributed by atoms with Crippen molar-refractivity contribution in [2.45, 2.75) is 39.4 Å². The van der Waals surface area contributed by atoms with Gasteiger partial charge in [0.1, 0.15) is 0 Å². The molecule has 0 radical (unpaired) electrons. The summed E-state index contributed by atoms with van der Waals surface area (Å²) in [7, 11) is 0. The molecule has 0 saturated heterocycles. The van der Waals surface area contributed by atoms with Crippen LogP contribution in [0.5, 0.6) is 0 Å². The standard InChI is InChI=1S/C15H16N2.C10H12N.ClH.Cr/c1-12-5-3-6-13(2)15(12)17-10-8-14-7-4-9-16-11-14;1-4-11-10-8(2)6-5-7-9(10)3;;/h3-7,9-11H,8H2,1-2H3;4-7H,1H2,2-3H3;1H;/q;;;+1/p-1. The minimum atomic E-state index is 0. The molecule has 5 heteroatoms. The predicted octanol–water partition coefficient (Wildman–Crippen LogP) is 3.62. The molecule has 1 aromatic heterocycles. The first-order valence-corrected chi connectivity index (χ1v) is 10.6. The maximum atomic E-state index is 4.55. The quantitative estimate of drug-likeness (QED) is 0.539. The average molecular weight is 458 g/mol. The second kappa shape index (κ2) is 13.9. The molecule has 0 fully saturated rings. The molecule has 0 spiro atoms. The largest absolute Gasteiger partial charge is 1.00 e. The first-order chi connectivity index (χ1) is 14.0. The second-order valence-corrected chi connectivity index (χ2v) is 7.36. The summed E-state index contributed by atoms with van der Waals surface area (Å²) in [5, 5.41) is 0.869. The molecular formula is C25H28ClCrN3. The molecule has 0 bridgehead atoms. The van der Waals surface area contributed by atoms with E-state index in [0.29, 0.717) is 0 Å². The van der Waals surface area contributed by atoms with E-state index in [9.17, 15) is 0 Å². The average Bonchev–Trinajstić information content (AvgIpc) is 2.71. The minimum Gasteiger partial charge on any atom is -1.00 e. The van der Waals surface area contributed by atoms with Crippen LogP contribution in [0.25, 0.3) is 0 Å². The van der Waals surface area contributed by atoms with Crippen LogP contribution < -0.4 is 12.4 Å². The molecular weight excluding hydrogens is 430 g/mol. The number of aliphatic imine (C=N–C) groups is 2. The number of halogens is 1. The molecule has 0 atom stereocenters. The van der Waals surface area contributed by atoms with Gasteiger partial charge in [-0.25, -0.2) is 0 Å². The summed E-state index contributed by atoms with van der Waals surface area (Å²) in [5.41, 5.74) is 8.27. The first-order valence-electron chi connectivity index (χ1n) is 9.67. The van der Waals surface area contributed by atoms with Gasteiger partial charge in [-0.1, -0.05) is 24.3 Å². The Hall–Kier alpha value is -2.25. The van der Waals surface area contributed by atoms with Crippen LogP contribution in [-0.4, -0.2) is 17.4 Å². The normalized spacial score (nSPS) is 10.5. The Labute approximate surface area is 195 Å². The van der Waals surface area contributed by atoms with E-state index in [0.717, 1.165) is 23.1 Å². The van der Waals surface area contributed by atoms with E-state index in [1.165, 1.54) is 27.8 Å². The zero-order valence-corrected chi connectivity index (χ0v) is 20.0. The van der Waals surface area contributed by atoms with E-state index >= 15 is 0 Å². The number of benzene rings is 2. The van der Waals surface area contributed by atoms with Gasteiger partial charge in [0.05, 0.1) is 5.69 Å². The second-order valence-electron chi connectivity index (χ2n) is 6.84. The smallest absolute Gasteiger partial charge is 1.00 e. The van der Waals surface area contributed by atoms with Crippen LogP contribution in [0.2, 0.25) is 5.28 Å². The van der Waals surface area contributed by atoms with Crippen LogP contribution >= 0.6 is 0 Å². The number of aryl methyl sites for hydroxylation is 4. The van der Waals surface area contributed by atoms with Gasteiger partial charge >= 0.3 is 81.6 Å². The van der Waals surface area contributed by atoms with E-state index in [4.69, 9.17) is 0 Å². The van der Waals surface area contributed by atoms with Crippen molar-refractivity contribution in [3.8, 4) is 0 Å². The van der Waals surface area contributed by atoms with Crippen molar-refractivity contribution in [2.75, 3.05) is 0 Å². The molecule has 0 aliphatic carbocycles. The fourth-order valence-corrected chi connectivity index (χ4v) is 3.02. The topological polar surface area (TPSA) is 37.6 Å². The molecule has 1 heterocycles. The van der Waals surface area contributed by atoms with E-state index in [2.05, 4.69) is 101 Å². The molecule has 0 N–H and O–H groups in total. The number of hydrogen-bond acceptors (Lipinski definition) is 3. The zero-order valence-electron chi connectivity index (χ0n) is 18.0. The number of hydrogen-bond donors (Lipinski definition) is 0. The molecule has 3 aromatic rings. The van der Waals surface area contributed by atoms with Crippen LogP contribution in [0, 0.1) is 27.7 Å². The van der Waals surface area contributed by atoms with Crippen LogP contribution in [0.1, 0.15) is 27.8 Å². The van der Waals surface area contributed by atoms with E-state index in [1.807, 2.05) is 24.7 Å². The van der Waals surface area contributed by atoms with Crippen molar-refractivity contribution >= 4 is 23.8 Å². The molecule has 0 saturated carbocycles. The number of aromatic nitrogens is 1. The summed E-state index contributed by atoms with van der Waals surface area (Å²) in [6.45, 7) is 8.34. The molecule has 3 rings (SSSR count). The molecule has 0 aliphatic heterocycles. The Kier molecular flexibility index (Phi) is 11.9. The number of para-hydroxylation sites is 2. The molecule has 0 unspecified atom stereocenters. The van der Waals surface area contributed by atoms with Crippen LogP contribution in [0.3, 0.4) is 0 Å². The fraction of sp³-hybridized carbons (Fsp3) is 0.240. The molecule has 156 valence electrons. The van der Waals surface area contributed by atoms with Gasteiger partial charge in [-0.3, -0.25) is 9.98 Å². The summed E-state index contributed by atoms with van der Waals surface area (Å²) in [6.07, 6.45) is 8.33. The molecule has 2 aromatic carbocycles. The first kappa shape index (κ1) is 25.8. The Morgan fingerprint density at radius 1 is 0.767 bits per heavy atom. The van der Waals surface area contributed by atoms with Gasteiger partial charge in [0, 0.05) is 25.0 Å². The van der Waals surface area contributed by atoms with Gasteiger partial charge in [-0.2, -0.15) is 0 Å². The third-order valence-corrected chi connectivity index (χ3v) is 4.68. The summed E-state index contributed by atoms with van der Waals surface area (Å²) in [6, 6.07) is 16.5. The summed E-state index contributed by atoms with van der Waals surface area (Å²) in [5.74, 6) is 0. The van der Waals surface area contributed by atoms with Gasteiger partial charge in [-0.15, -0.1) is 0 Å². The summed E-state index contributed by atoms with van der Waals surface area (Å²) < 4.78 is 0. The van der Waals surface area contributed by atoms with E-state index in [1.54, 1.807) is 6.20 Å². The maximum absolute atomic E-state index is 4.55. The zero-order chi connectivity index (χ0) is 21.1. The number of nitrogens with zero attached hydrogens (tertiary/aromatic N) is 3. The molecule has 3 nitrogen and oxygen atoms in total. The van der Waals surface area contributed by atoms with Crippen LogP contribution in [0.15, 0.2) is 70.9 Å². The third kappa shape index (κ3) is 8.24. The Balaban J connectivity index is 0.000000308. The molecule has 30 heavy (non-hydrogen) atoms. The number of rotatable bonds is 5. The van der Waals surface area contributed by atoms with Gasteiger partial charge in [0.2, 0.25) is 0 Å². The Bertz CT molecular complexity index is 929. The van der Waals surface area contributed by atoms with E-state index < -0.39 is 0 Å². The van der Waals surface area contributed by atoms with Gasteiger partial charge < -0.3 is 12.4 Å². The maximum Gasteiger partial charge on any atom is -1.00 e. The molecule has 0 amide bonds. The minimum absolute atomic E-state index is 0. The summed E-state index contributed by atoms with van der Waals surface area (Å²) in [4.78, 5) is 13.0. The molecule has 0 aliphatic rings. The van der Waals surface area contributed by atoms with Crippen molar-refractivity contribution in [2.24, 2.45) is 9.98 Å². The predicted molar refractivity (Wildman–Crippen MR) is 121 cm³/mol. The van der Waals surface area contributed by atoms with Crippen molar-refractivity contribution < 1.29 is 28.7 Å². The van der Waals surface area contributed by atoms with Gasteiger partial charge in [0.15, 0.2) is 0 Å². The fourth-order valence-electron chi connectivity index (χ4n) is 2.91. The third-order valence-electron chi connectivity index (χ3n) is 4.44. The van der Waals surface area contributed by atoms with Crippen LogP contribution in [0.4, 0.5) is 11.4 Å². The van der Waals surface area contributed by atoms with Crippen molar-refractivity contribution in [3.63, 3.8) is 0 Å². The Morgan fingerprint density at radius 2 is 1.27 bits per heavy atom. The van der Waals surface area contributed by atoms with Crippen molar-refractivity contribution in [1.82, 2.24) is 4.98 Å². The number of pyridine rings is 1. The van der Waals surface area contributed by atoms with Crippen LogP contribution in [-0.2, 0) is 22.7 Å². The SMILES string of the molecule is Cc1cccc(C)c1N=CCc1cccnc1.Cc1cccc(C)c1N=C[CH2][Cr+].[Cl-]. The van der Waals surface area contributed by atoms with Gasteiger partial charge in [-0.05, 0) is 36.6 Å². The summed E-state index contributed by atoms with van der Waals surface area (Å²) >= 11 is 2.90. The van der Waals surface area contributed by atoms with Crippen molar-refractivity contribution in [1.29, 1.82) is 0 Å². The van der Waals surface area contributed by atoms with Gasteiger partial charge in [0.25, 0.3) is 0 Å². The van der Waals surface area contributed by atoms with E-state index in [-0.39, 0.29) is 12.4 Å². The monoisotopic (exact) mass is 457 g/mol.